The van der Waals surface area contributed by atoms with Crippen molar-refractivity contribution in [2.75, 3.05) is 4.90 Å². The number of aromatic carboxylic acids is 1. The van der Waals surface area contributed by atoms with E-state index in [1.165, 1.54) is 36.4 Å². The highest BCUT2D eigenvalue weighted by atomic mass is 32.2. The van der Waals surface area contributed by atoms with Crippen LogP contribution >= 0.6 is 24.0 Å². The van der Waals surface area contributed by atoms with E-state index in [1.54, 1.807) is 18.2 Å². The molecule has 1 heterocycles. The van der Waals surface area contributed by atoms with Gasteiger partial charge in [0.1, 0.15) is 0 Å². The molecule has 0 bridgehead atoms. The van der Waals surface area contributed by atoms with Crippen LogP contribution in [-0.4, -0.2) is 26.2 Å². The lowest BCUT2D eigenvalue weighted by Crippen LogP contribution is -2.29. The lowest BCUT2D eigenvalue weighted by molar-refractivity contribution is -0.384. The molecule has 0 spiro atoms. The second kappa shape index (κ2) is 7.06. The molecule has 1 amide bonds. The fourth-order valence-corrected chi connectivity index (χ4v) is 3.69. The van der Waals surface area contributed by atoms with Gasteiger partial charge in [0.2, 0.25) is 0 Å². The summed E-state index contributed by atoms with van der Waals surface area (Å²) in [4.78, 5) is 35.9. The van der Waals surface area contributed by atoms with Gasteiger partial charge in [0.15, 0.2) is 4.32 Å². The van der Waals surface area contributed by atoms with Gasteiger partial charge < -0.3 is 5.11 Å². The van der Waals surface area contributed by atoms with Crippen LogP contribution in [0.4, 0.5) is 11.4 Å². The maximum Gasteiger partial charge on any atom is 0.337 e. The number of benzene rings is 2. The molecule has 1 N–H and O–H groups in total. The highest BCUT2D eigenvalue weighted by Gasteiger charge is 2.35. The molecule has 1 fully saturated rings. The van der Waals surface area contributed by atoms with E-state index in [0.717, 1.165) is 16.7 Å². The Hall–Kier alpha value is -3.04. The molecule has 9 heteroatoms. The van der Waals surface area contributed by atoms with Crippen molar-refractivity contribution in [2.45, 2.75) is 0 Å². The number of nitro groups is 1. The summed E-state index contributed by atoms with van der Waals surface area (Å²) < 4.78 is 0.195. The summed E-state index contributed by atoms with van der Waals surface area (Å²) in [5, 5.41) is 20.2. The number of para-hydroxylation sites is 1. The second-order valence-electron chi connectivity index (χ2n) is 5.19. The number of carboxylic acids is 1. The van der Waals surface area contributed by atoms with Crippen LogP contribution in [0.2, 0.25) is 0 Å². The van der Waals surface area contributed by atoms with Crippen LogP contribution in [0.1, 0.15) is 15.9 Å². The van der Waals surface area contributed by atoms with Gasteiger partial charge in [0, 0.05) is 12.1 Å². The third-order valence-electron chi connectivity index (χ3n) is 3.55. The molecule has 1 saturated heterocycles. The van der Waals surface area contributed by atoms with Crippen LogP contribution < -0.4 is 4.90 Å². The summed E-state index contributed by atoms with van der Waals surface area (Å²) in [6.07, 6.45) is 1.50. The predicted octanol–water partition coefficient (Wildman–Crippen LogP) is 3.70. The van der Waals surface area contributed by atoms with Crippen LogP contribution in [-0.2, 0) is 4.79 Å². The Bertz CT molecular complexity index is 987. The van der Waals surface area contributed by atoms with Crippen molar-refractivity contribution in [1.82, 2.24) is 0 Å². The van der Waals surface area contributed by atoms with Crippen molar-refractivity contribution >= 4 is 57.6 Å². The molecule has 1 aliphatic heterocycles. The summed E-state index contributed by atoms with van der Waals surface area (Å²) in [6.45, 7) is 0. The van der Waals surface area contributed by atoms with Gasteiger partial charge in [-0.1, -0.05) is 48.2 Å². The molecule has 0 aromatic heterocycles. The first kappa shape index (κ1) is 17.8. The average Bonchev–Trinajstić information content (AvgIpc) is 2.88. The van der Waals surface area contributed by atoms with E-state index in [2.05, 4.69) is 0 Å². The second-order valence-corrected chi connectivity index (χ2v) is 6.87. The topological polar surface area (TPSA) is 101 Å². The van der Waals surface area contributed by atoms with Gasteiger partial charge in [-0.15, -0.1) is 0 Å². The van der Waals surface area contributed by atoms with Crippen LogP contribution in [0.25, 0.3) is 6.08 Å². The van der Waals surface area contributed by atoms with Gasteiger partial charge in [-0.3, -0.25) is 19.8 Å². The van der Waals surface area contributed by atoms with Crippen LogP contribution in [0.15, 0.2) is 53.4 Å². The van der Waals surface area contributed by atoms with E-state index in [9.17, 15) is 24.8 Å². The molecule has 0 unspecified atom stereocenters. The first-order chi connectivity index (χ1) is 12.4. The standard InChI is InChI=1S/C17H10N2O5S2/c20-15-14(9-10-4-3-5-11(8-10)19(23)24)26-17(25)18(15)13-7-2-1-6-12(13)16(21)22/h1-9H,(H,21,22)/b14-9-. The molecule has 2 aromatic carbocycles. The fourth-order valence-electron chi connectivity index (χ4n) is 2.40. The Morgan fingerprint density at radius 3 is 2.65 bits per heavy atom. The number of carbonyl (C=O) groups is 2. The third kappa shape index (κ3) is 3.35. The van der Waals surface area contributed by atoms with Crippen LogP contribution in [0.5, 0.6) is 0 Å². The highest BCUT2D eigenvalue weighted by molar-refractivity contribution is 8.27. The maximum absolute atomic E-state index is 12.7. The van der Waals surface area contributed by atoms with Crippen LogP contribution in [0.3, 0.4) is 0 Å². The van der Waals surface area contributed by atoms with Gasteiger partial charge >= 0.3 is 5.97 Å². The van der Waals surface area contributed by atoms with Gasteiger partial charge in [-0.25, -0.2) is 4.79 Å². The lowest BCUT2D eigenvalue weighted by atomic mass is 10.1. The van der Waals surface area contributed by atoms with E-state index in [1.807, 2.05) is 0 Å². The quantitative estimate of drug-likeness (QED) is 0.370. The fraction of sp³-hybridized carbons (Fsp3) is 0. The first-order valence-corrected chi connectivity index (χ1v) is 8.45. The molecule has 0 aliphatic carbocycles. The molecule has 2 aromatic rings. The van der Waals surface area contributed by atoms with Crippen LogP contribution in [0, 0.1) is 10.1 Å². The predicted molar refractivity (Wildman–Crippen MR) is 102 cm³/mol. The van der Waals surface area contributed by atoms with Gasteiger partial charge in [-0.05, 0) is 23.8 Å². The number of carbonyl (C=O) groups excluding carboxylic acids is 1. The Kier molecular flexibility index (Phi) is 4.83. The normalized spacial score (nSPS) is 15.5. The molecule has 3 rings (SSSR count). The summed E-state index contributed by atoms with van der Waals surface area (Å²) >= 11 is 6.24. The first-order valence-electron chi connectivity index (χ1n) is 7.23. The summed E-state index contributed by atoms with van der Waals surface area (Å²) in [6, 6.07) is 11.9. The molecule has 0 radical (unpaired) electrons. The van der Waals surface area contributed by atoms with Gasteiger partial charge in [0.25, 0.3) is 11.6 Å². The highest BCUT2D eigenvalue weighted by Crippen LogP contribution is 2.37. The molecular formula is C17H10N2O5S2. The SMILES string of the molecule is O=C(O)c1ccccc1N1C(=O)/C(=C/c2cccc([N+](=O)[O-])c2)SC1=S. The zero-order chi connectivity index (χ0) is 18.8. The number of hydrogen-bond acceptors (Lipinski definition) is 6. The van der Waals surface area contributed by atoms with Gasteiger partial charge in [0.05, 0.1) is 21.1 Å². The van der Waals surface area contributed by atoms with Crippen molar-refractivity contribution in [3.63, 3.8) is 0 Å². The smallest absolute Gasteiger partial charge is 0.337 e. The Morgan fingerprint density at radius 1 is 1.23 bits per heavy atom. The van der Waals surface area contributed by atoms with Crippen molar-refractivity contribution in [3.05, 3.63) is 74.7 Å². The minimum atomic E-state index is -1.17. The number of amides is 1. The summed E-state index contributed by atoms with van der Waals surface area (Å²) in [5.41, 5.74) is 0.530. The number of anilines is 1. The monoisotopic (exact) mass is 386 g/mol. The number of non-ortho nitro benzene ring substituents is 1. The van der Waals surface area contributed by atoms with Crippen molar-refractivity contribution in [1.29, 1.82) is 0 Å². The molecule has 0 atom stereocenters. The number of hydrogen-bond donors (Lipinski definition) is 1. The third-order valence-corrected chi connectivity index (χ3v) is 4.85. The van der Waals surface area contributed by atoms with Crippen molar-refractivity contribution < 1.29 is 19.6 Å². The summed E-state index contributed by atoms with van der Waals surface area (Å²) in [7, 11) is 0. The number of carboxylic acid groups (broad SMARTS) is 1. The number of thiocarbonyl (C=S) groups is 1. The van der Waals surface area contributed by atoms with Gasteiger partial charge in [-0.2, -0.15) is 0 Å². The minimum Gasteiger partial charge on any atom is -0.478 e. The van der Waals surface area contributed by atoms with Crippen molar-refractivity contribution in [3.8, 4) is 0 Å². The zero-order valence-electron chi connectivity index (χ0n) is 13.0. The zero-order valence-corrected chi connectivity index (χ0v) is 14.6. The van der Waals surface area contributed by atoms with E-state index in [-0.39, 0.29) is 26.2 Å². The number of thioether (sulfide) groups is 1. The number of nitro benzene ring substituents is 1. The lowest BCUT2D eigenvalue weighted by Gasteiger charge is -2.16. The minimum absolute atomic E-state index is 0.0413. The van der Waals surface area contributed by atoms with E-state index in [0.29, 0.717) is 5.56 Å². The Morgan fingerprint density at radius 2 is 1.96 bits per heavy atom. The molecule has 7 nitrogen and oxygen atoms in total. The Labute approximate surface area is 157 Å². The summed E-state index contributed by atoms with van der Waals surface area (Å²) in [5.74, 6) is -1.64. The molecule has 130 valence electrons. The van der Waals surface area contributed by atoms with E-state index >= 15 is 0 Å². The van der Waals surface area contributed by atoms with Crippen molar-refractivity contribution in [2.24, 2.45) is 0 Å². The maximum atomic E-state index is 12.7. The molecular weight excluding hydrogens is 376 g/mol. The Balaban J connectivity index is 1.99. The van der Waals surface area contributed by atoms with E-state index in [4.69, 9.17) is 12.2 Å². The van der Waals surface area contributed by atoms with E-state index < -0.39 is 16.8 Å². The number of nitrogens with zero attached hydrogens (tertiary/aromatic N) is 2. The molecule has 0 saturated carbocycles. The molecule has 26 heavy (non-hydrogen) atoms. The largest absolute Gasteiger partial charge is 0.478 e. The number of rotatable bonds is 4. The molecule has 1 aliphatic rings. The average molecular weight is 386 g/mol.